The summed E-state index contributed by atoms with van der Waals surface area (Å²) in [5, 5.41) is 15.6. The summed E-state index contributed by atoms with van der Waals surface area (Å²) in [6, 6.07) is 3.80. The summed E-state index contributed by atoms with van der Waals surface area (Å²) >= 11 is 0. The number of aliphatic hydroxyl groups is 1. The molecule has 1 aromatic rings. The number of nitrogens with one attached hydrogen (secondary N) is 2. The molecule has 2 unspecified atom stereocenters. The number of anilines is 1. The van der Waals surface area contributed by atoms with E-state index in [9.17, 15) is 29.1 Å². The van der Waals surface area contributed by atoms with E-state index >= 15 is 0 Å². The average molecular weight is 445 g/mol. The van der Waals surface area contributed by atoms with E-state index in [-0.39, 0.29) is 42.4 Å². The van der Waals surface area contributed by atoms with Crippen molar-refractivity contribution in [3.8, 4) is 0 Å². The second-order valence-corrected chi connectivity index (χ2v) is 7.86. The highest BCUT2D eigenvalue weighted by Gasteiger charge is 2.45. The number of hydrogen-bond acceptors (Lipinski definition) is 7. The SMILES string of the molecule is COC(=O)CCCCCCC(=O)Nc1cccc2c1C(=O)N(C1CCC(=O)NC1=O)C2O. The number of esters is 1. The van der Waals surface area contributed by atoms with Gasteiger partial charge in [0.15, 0.2) is 6.23 Å². The number of imide groups is 1. The molecule has 10 heteroatoms. The predicted octanol–water partition coefficient (Wildman–Crippen LogP) is 1.39. The highest BCUT2D eigenvalue weighted by atomic mass is 16.5. The summed E-state index contributed by atoms with van der Waals surface area (Å²) in [5.41, 5.74) is 0.730. The summed E-state index contributed by atoms with van der Waals surface area (Å²) in [6.07, 6.45) is 2.36. The maximum Gasteiger partial charge on any atom is 0.305 e. The van der Waals surface area contributed by atoms with Crippen molar-refractivity contribution >= 4 is 35.3 Å². The number of hydrogen-bond donors (Lipinski definition) is 3. The molecule has 0 radical (unpaired) electrons. The number of aliphatic hydroxyl groups excluding tert-OH is 1. The number of amides is 4. The third-order valence-electron chi connectivity index (χ3n) is 5.67. The first-order chi connectivity index (χ1) is 15.3. The summed E-state index contributed by atoms with van der Waals surface area (Å²) in [7, 11) is 1.35. The second-order valence-electron chi connectivity index (χ2n) is 7.86. The molecular weight excluding hydrogens is 418 g/mol. The van der Waals surface area contributed by atoms with Crippen LogP contribution in [-0.2, 0) is 23.9 Å². The average Bonchev–Trinajstić information content (AvgIpc) is 3.01. The van der Waals surface area contributed by atoms with Crippen LogP contribution in [0.25, 0.3) is 0 Å². The summed E-state index contributed by atoms with van der Waals surface area (Å²) < 4.78 is 4.58. The molecule has 2 heterocycles. The number of carbonyl (C=O) groups is 5. The lowest BCUT2D eigenvalue weighted by Gasteiger charge is -2.31. The van der Waals surface area contributed by atoms with E-state index < -0.39 is 30.0 Å². The van der Waals surface area contributed by atoms with E-state index in [0.29, 0.717) is 24.8 Å². The van der Waals surface area contributed by atoms with E-state index in [2.05, 4.69) is 15.4 Å². The molecule has 2 atom stereocenters. The van der Waals surface area contributed by atoms with Gasteiger partial charge in [-0.05, 0) is 25.3 Å². The number of fused-ring (bicyclic) bond motifs is 1. The van der Waals surface area contributed by atoms with Gasteiger partial charge < -0.3 is 15.2 Å². The lowest BCUT2D eigenvalue weighted by atomic mass is 10.0. The van der Waals surface area contributed by atoms with Gasteiger partial charge in [0.1, 0.15) is 6.04 Å². The van der Waals surface area contributed by atoms with E-state index in [1.165, 1.54) is 7.11 Å². The van der Waals surface area contributed by atoms with Gasteiger partial charge in [0.2, 0.25) is 17.7 Å². The van der Waals surface area contributed by atoms with Gasteiger partial charge in [-0.3, -0.25) is 34.2 Å². The van der Waals surface area contributed by atoms with Crippen molar-refractivity contribution in [1.82, 2.24) is 10.2 Å². The van der Waals surface area contributed by atoms with Gasteiger partial charge in [-0.15, -0.1) is 0 Å². The Hall–Kier alpha value is -3.27. The van der Waals surface area contributed by atoms with Gasteiger partial charge >= 0.3 is 5.97 Å². The smallest absolute Gasteiger partial charge is 0.305 e. The van der Waals surface area contributed by atoms with Crippen LogP contribution >= 0.6 is 0 Å². The number of nitrogens with zero attached hydrogens (tertiary/aromatic N) is 1. The molecule has 172 valence electrons. The molecule has 4 amide bonds. The number of piperidine rings is 1. The van der Waals surface area contributed by atoms with Crippen molar-refractivity contribution < 1.29 is 33.8 Å². The number of rotatable bonds is 9. The lowest BCUT2D eigenvalue weighted by molar-refractivity contribution is -0.141. The van der Waals surface area contributed by atoms with Crippen LogP contribution in [0.4, 0.5) is 5.69 Å². The Balaban J connectivity index is 1.59. The maximum absolute atomic E-state index is 13.1. The summed E-state index contributed by atoms with van der Waals surface area (Å²) in [6.45, 7) is 0. The monoisotopic (exact) mass is 445 g/mol. The van der Waals surface area contributed by atoms with Crippen molar-refractivity contribution in [2.75, 3.05) is 12.4 Å². The van der Waals surface area contributed by atoms with Crippen LogP contribution in [0, 0.1) is 0 Å². The first-order valence-corrected chi connectivity index (χ1v) is 10.7. The van der Waals surface area contributed by atoms with Gasteiger partial charge in [-0.2, -0.15) is 0 Å². The molecule has 2 aliphatic rings. The molecule has 3 rings (SSSR count). The molecule has 0 bridgehead atoms. The molecule has 1 saturated heterocycles. The first-order valence-electron chi connectivity index (χ1n) is 10.7. The minimum Gasteiger partial charge on any atom is -0.469 e. The van der Waals surface area contributed by atoms with Crippen LogP contribution in [0.1, 0.15) is 73.5 Å². The minimum atomic E-state index is -1.34. The zero-order chi connectivity index (χ0) is 23.3. The summed E-state index contributed by atoms with van der Waals surface area (Å²) in [4.78, 5) is 61.2. The molecule has 1 aromatic carbocycles. The van der Waals surface area contributed by atoms with Gasteiger partial charge in [0.25, 0.3) is 5.91 Å². The standard InChI is InChI=1S/C22H27N3O7/c1-32-18(28)10-5-3-2-4-9-16(26)23-14-8-6-7-13-19(14)22(31)25(21(13)30)15-11-12-17(27)24-20(15)29/h6-8,15,21,30H,2-5,9-12H2,1H3,(H,23,26)(H,24,27,29). The van der Waals surface area contributed by atoms with Crippen molar-refractivity contribution in [3.63, 3.8) is 0 Å². The van der Waals surface area contributed by atoms with E-state index in [4.69, 9.17) is 0 Å². The largest absolute Gasteiger partial charge is 0.469 e. The number of unbranched alkanes of at least 4 members (excludes halogenated alkanes) is 3. The van der Waals surface area contributed by atoms with Crippen molar-refractivity contribution in [1.29, 1.82) is 0 Å². The fourth-order valence-electron chi connectivity index (χ4n) is 4.00. The lowest BCUT2D eigenvalue weighted by Crippen LogP contribution is -2.53. The zero-order valence-corrected chi connectivity index (χ0v) is 17.9. The van der Waals surface area contributed by atoms with Crippen molar-refractivity contribution in [3.05, 3.63) is 29.3 Å². The normalized spacial score (nSPS) is 20.1. The highest BCUT2D eigenvalue weighted by Crippen LogP contribution is 2.38. The van der Waals surface area contributed by atoms with Crippen LogP contribution in [-0.4, -0.2) is 52.8 Å². The molecule has 0 saturated carbocycles. The molecule has 2 aliphatic heterocycles. The predicted molar refractivity (Wildman–Crippen MR) is 112 cm³/mol. The van der Waals surface area contributed by atoms with Gasteiger partial charge in [-0.25, -0.2) is 0 Å². The molecule has 3 N–H and O–H groups in total. The minimum absolute atomic E-state index is 0.0759. The third-order valence-corrected chi connectivity index (χ3v) is 5.67. The summed E-state index contributed by atoms with van der Waals surface area (Å²) in [5.74, 6) is -2.13. The quantitative estimate of drug-likeness (QED) is 0.296. The fraction of sp³-hybridized carbons (Fsp3) is 0.500. The Labute approximate surface area is 185 Å². The van der Waals surface area contributed by atoms with E-state index in [0.717, 1.165) is 17.7 Å². The fourth-order valence-corrected chi connectivity index (χ4v) is 4.00. The van der Waals surface area contributed by atoms with Crippen molar-refractivity contribution in [2.45, 2.75) is 63.6 Å². The molecule has 1 fully saturated rings. The molecule has 32 heavy (non-hydrogen) atoms. The van der Waals surface area contributed by atoms with Gasteiger partial charge in [-0.1, -0.05) is 25.0 Å². The molecular formula is C22H27N3O7. The Morgan fingerprint density at radius 3 is 2.56 bits per heavy atom. The number of ether oxygens (including phenoxy) is 1. The molecule has 10 nitrogen and oxygen atoms in total. The second kappa shape index (κ2) is 10.4. The third kappa shape index (κ3) is 5.13. The molecule has 0 spiro atoms. The van der Waals surface area contributed by atoms with Crippen LogP contribution < -0.4 is 10.6 Å². The molecule has 0 aliphatic carbocycles. The van der Waals surface area contributed by atoms with E-state index in [1.54, 1.807) is 18.2 Å². The number of carbonyl (C=O) groups excluding carboxylic acids is 5. The van der Waals surface area contributed by atoms with Crippen LogP contribution in [0.2, 0.25) is 0 Å². The molecule has 0 aromatic heterocycles. The topological polar surface area (TPSA) is 142 Å². The number of methoxy groups -OCH3 is 1. The van der Waals surface area contributed by atoms with E-state index in [1.807, 2.05) is 0 Å². The van der Waals surface area contributed by atoms with Gasteiger partial charge in [0, 0.05) is 24.8 Å². The Morgan fingerprint density at radius 2 is 1.88 bits per heavy atom. The first kappa shape index (κ1) is 23.4. The van der Waals surface area contributed by atoms with Crippen molar-refractivity contribution in [2.24, 2.45) is 0 Å². The highest BCUT2D eigenvalue weighted by molar-refractivity contribution is 6.10. The van der Waals surface area contributed by atoms with Crippen LogP contribution in [0.15, 0.2) is 18.2 Å². The van der Waals surface area contributed by atoms with Crippen LogP contribution in [0.3, 0.4) is 0 Å². The Morgan fingerprint density at radius 1 is 1.16 bits per heavy atom. The zero-order valence-electron chi connectivity index (χ0n) is 17.9. The van der Waals surface area contributed by atoms with Crippen LogP contribution in [0.5, 0.6) is 0 Å². The Bertz CT molecular complexity index is 930. The maximum atomic E-state index is 13.1. The Kier molecular flexibility index (Phi) is 7.57. The number of benzene rings is 1. The van der Waals surface area contributed by atoms with Gasteiger partial charge in [0.05, 0.1) is 18.4 Å².